The molecule has 2 rings (SSSR count). The number of nitrogens with zero attached hydrogens (tertiary/aromatic N) is 1. The number of rotatable bonds is 2. The first-order valence-electron chi connectivity index (χ1n) is 5.71. The van der Waals surface area contributed by atoms with E-state index in [0.717, 1.165) is 6.54 Å². The lowest BCUT2D eigenvalue weighted by Gasteiger charge is -2.22. The van der Waals surface area contributed by atoms with E-state index in [1.165, 1.54) is 25.7 Å². The standard InChI is InChI=1S/C11H19NO2/c1-3-12-8(2)10(14-11(12)13)9-6-4-5-7-9/h8-10H,3-7H2,1-2H3/t8-,10-/m0/s1. The lowest BCUT2D eigenvalue weighted by Crippen LogP contribution is -2.36. The molecule has 1 amide bonds. The van der Waals surface area contributed by atoms with Crippen LogP contribution in [0.4, 0.5) is 4.79 Å². The van der Waals surface area contributed by atoms with Crippen LogP contribution in [0.15, 0.2) is 0 Å². The van der Waals surface area contributed by atoms with Gasteiger partial charge in [-0.25, -0.2) is 4.79 Å². The molecule has 2 aliphatic rings. The Morgan fingerprint density at radius 2 is 2.07 bits per heavy atom. The number of amides is 1. The smallest absolute Gasteiger partial charge is 0.410 e. The van der Waals surface area contributed by atoms with E-state index in [1.807, 2.05) is 11.8 Å². The van der Waals surface area contributed by atoms with Gasteiger partial charge in [0.1, 0.15) is 6.10 Å². The van der Waals surface area contributed by atoms with Gasteiger partial charge in [0.25, 0.3) is 0 Å². The minimum absolute atomic E-state index is 0.114. The summed E-state index contributed by atoms with van der Waals surface area (Å²) in [6.07, 6.45) is 5.12. The fourth-order valence-electron chi connectivity index (χ4n) is 2.82. The number of hydrogen-bond acceptors (Lipinski definition) is 2. The van der Waals surface area contributed by atoms with Gasteiger partial charge in [-0.15, -0.1) is 0 Å². The molecule has 0 aromatic carbocycles. The molecule has 3 nitrogen and oxygen atoms in total. The van der Waals surface area contributed by atoms with Crippen molar-refractivity contribution >= 4 is 6.09 Å². The van der Waals surface area contributed by atoms with Gasteiger partial charge in [-0.05, 0) is 32.6 Å². The maximum Gasteiger partial charge on any atom is 0.410 e. The summed E-state index contributed by atoms with van der Waals surface area (Å²) >= 11 is 0. The van der Waals surface area contributed by atoms with E-state index in [1.54, 1.807) is 0 Å². The zero-order valence-electron chi connectivity index (χ0n) is 9.03. The quantitative estimate of drug-likeness (QED) is 0.680. The molecule has 0 N–H and O–H groups in total. The Hall–Kier alpha value is -0.730. The summed E-state index contributed by atoms with van der Waals surface area (Å²) < 4.78 is 5.45. The van der Waals surface area contributed by atoms with Gasteiger partial charge in [0.15, 0.2) is 0 Å². The van der Waals surface area contributed by atoms with Crippen LogP contribution in [0.25, 0.3) is 0 Å². The van der Waals surface area contributed by atoms with E-state index in [-0.39, 0.29) is 18.2 Å². The fourth-order valence-corrected chi connectivity index (χ4v) is 2.82. The molecule has 2 fully saturated rings. The molecule has 1 saturated carbocycles. The molecule has 3 heteroatoms. The van der Waals surface area contributed by atoms with Gasteiger partial charge in [-0.1, -0.05) is 12.8 Å². The molecule has 1 saturated heterocycles. The number of likely N-dealkylation sites (N-methyl/N-ethyl adjacent to an activating group) is 1. The van der Waals surface area contributed by atoms with Crippen LogP contribution in [-0.2, 0) is 4.74 Å². The minimum Gasteiger partial charge on any atom is -0.444 e. The Morgan fingerprint density at radius 3 is 2.57 bits per heavy atom. The van der Waals surface area contributed by atoms with E-state index < -0.39 is 0 Å². The molecule has 2 atom stereocenters. The molecule has 0 spiro atoms. The van der Waals surface area contributed by atoms with Crippen molar-refractivity contribution in [1.82, 2.24) is 4.90 Å². The van der Waals surface area contributed by atoms with Crippen LogP contribution in [0, 0.1) is 5.92 Å². The third kappa shape index (κ3) is 1.49. The number of ether oxygens (including phenoxy) is 1. The van der Waals surface area contributed by atoms with E-state index in [0.29, 0.717) is 5.92 Å². The summed E-state index contributed by atoms with van der Waals surface area (Å²) in [6, 6.07) is 0.274. The second-order valence-electron chi connectivity index (χ2n) is 4.42. The third-order valence-corrected chi connectivity index (χ3v) is 3.64. The predicted octanol–water partition coefficient (Wildman–Crippen LogP) is 2.41. The van der Waals surface area contributed by atoms with Crippen molar-refractivity contribution in [2.45, 2.75) is 51.7 Å². The highest BCUT2D eigenvalue weighted by molar-refractivity contribution is 5.70. The second-order valence-corrected chi connectivity index (χ2v) is 4.42. The first-order chi connectivity index (χ1) is 6.74. The first kappa shape index (κ1) is 9.81. The molecule has 0 radical (unpaired) electrons. The first-order valence-corrected chi connectivity index (χ1v) is 5.71. The van der Waals surface area contributed by atoms with Gasteiger partial charge < -0.3 is 9.64 Å². The maximum absolute atomic E-state index is 11.5. The molecule has 14 heavy (non-hydrogen) atoms. The van der Waals surface area contributed by atoms with E-state index in [9.17, 15) is 4.79 Å². The van der Waals surface area contributed by atoms with E-state index in [2.05, 4.69) is 6.92 Å². The Balaban J connectivity index is 2.03. The molecule has 1 heterocycles. The molecule has 1 aliphatic heterocycles. The van der Waals surface area contributed by atoms with E-state index >= 15 is 0 Å². The Morgan fingerprint density at radius 1 is 1.43 bits per heavy atom. The largest absolute Gasteiger partial charge is 0.444 e. The maximum atomic E-state index is 11.5. The van der Waals surface area contributed by atoms with Crippen molar-refractivity contribution in [2.75, 3.05) is 6.54 Å². The summed E-state index contributed by atoms with van der Waals surface area (Å²) in [7, 11) is 0. The molecule has 1 aliphatic carbocycles. The van der Waals surface area contributed by atoms with Crippen LogP contribution >= 0.6 is 0 Å². The summed E-state index contributed by atoms with van der Waals surface area (Å²) in [5.74, 6) is 0.616. The van der Waals surface area contributed by atoms with Crippen molar-refractivity contribution < 1.29 is 9.53 Å². The van der Waals surface area contributed by atoms with Gasteiger partial charge in [-0.3, -0.25) is 0 Å². The zero-order valence-corrected chi connectivity index (χ0v) is 9.03. The van der Waals surface area contributed by atoms with Crippen LogP contribution < -0.4 is 0 Å². The van der Waals surface area contributed by atoms with Crippen molar-refractivity contribution in [1.29, 1.82) is 0 Å². The average Bonchev–Trinajstić information content (AvgIpc) is 2.74. The lowest BCUT2D eigenvalue weighted by molar-refractivity contribution is 0.0949. The predicted molar refractivity (Wildman–Crippen MR) is 54.1 cm³/mol. The third-order valence-electron chi connectivity index (χ3n) is 3.64. The Kier molecular flexibility index (Phi) is 2.66. The molecule has 0 aromatic rings. The summed E-state index contributed by atoms with van der Waals surface area (Å²) in [5, 5.41) is 0. The number of carbonyl (C=O) groups excluding carboxylic acids is 1. The Labute approximate surface area is 85.4 Å². The molecule has 0 bridgehead atoms. The van der Waals surface area contributed by atoms with Crippen LogP contribution in [0.1, 0.15) is 39.5 Å². The second kappa shape index (κ2) is 3.79. The normalized spacial score (nSPS) is 33.9. The Bertz CT molecular complexity index is 223. The van der Waals surface area contributed by atoms with Gasteiger partial charge in [0.2, 0.25) is 0 Å². The monoisotopic (exact) mass is 197 g/mol. The van der Waals surface area contributed by atoms with Gasteiger partial charge in [-0.2, -0.15) is 0 Å². The molecule has 0 aromatic heterocycles. The summed E-state index contributed by atoms with van der Waals surface area (Å²) in [5.41, 5.74) is 0. The number of hydrogen-bond donors (Lipinski definition) is 0. The van der Waals surface area contributed by atoms with Crippen LogP contribution in [0.2, 0.25) is 0 Å². The minimum atomic E-state index is -0.114. The lowest BCUT2D eigenvalue weighted by atomic mass is 9.95. The highest BCUT2D eigenvalue weighted by Gasteiger charge is 2.42. The van der Waals surface area contributed by atoms with Crippen LogP contribution in [-0.4, -0.2) is 29.7 Å². The topological polar surface area (TPSA) is 29.5 Å². The average molecular weight is 197 g/mol. The molecular formula is C11H19NO2. The van der Waals surface area contributed by atoms with Crippen molar-refractivity contribution in [3.63, 3.8) is 0 Å². The van der Waals surface area contributed by atoms with Crippen molar-refractivity contribution in [3.05, 3.63) is 0 Å². The summed E-state index contributed by atoms with van der Waals surface area (Å²) in [6.45, 7) is 4.88. The van der Waals surface area contributed by atoms with Crippen LogP contribution in [0.3, 0.4) is 0 Å². The van der Waals surface area contributed by atoms with Crippen molar-refractivity contribution in [3.8, 4) is 0 Å². The number of carbonyl (C=O) groups is 1. The number of cyclic esters (lactones) is 1. The summed E-state index contributed by atoms with van der Waals surface area (Å²) in [4.78, 5) is 13.3. The highest BCUT2D eigenvalue weighted by atomic mass is 16.6. The molecule has 0 unspecified atom stereocenters. The fraction of sp³-hybridized carbons (Fsp3) is 0.909. The highest BCUT2D eigenvalue weighted by Crippen LogP contribution is 2.35. The van der Waals surface area contributed by atoms with Crippen molar-refractivity contribution in [2.24, 2.45) is 5.92 Å². The van der Waals surface area contributed by atoms with Gasteiger partial charge in [0.05, 0.1) is 6.04 Å². The van der Waals surface area contributed by atoms with E-state index in [4.69, 9.17) is 4.74 Å². The van der Waals surface area contributed by atoms with Gasteiger partial charge in [0, 0.05) is 6.54 Å². The molecular weight excluding hydrogens is 178 g/mol. The SMILES string of the molecule is CCN1C(=O)O[C@H](C2CCCC2)[C@@H]1C. The van der Waals surface area contributed by atoms with Gasteiger partial charge >= 0.3 is 6.09 Å². The zero-order chi connectivity index (χ0) is 10.1. The molecule has 80 valence electrons. The van der Waals surface area contributed by atoms with Crippen LogP contribution in [0.5, 0.6) is 0 Å².